The number of nitrogens with zero attached hydrogens (tertiary/aromatic N) is 3. The molecule has 0 bridgehead atoms. The SMILES string of the molecule is Cc1c(CN2CCC[C@H](O)[C@@H]2Cc2ccccc2F)cnn1C. The van der Waals surface area contributed by atoms with E-state index in [4.69, 9.17) is 0 Å². The zero-order valence-corrected chi connectivity index (χ0v) is 13.7. The van der Waals surface area contributed by atoms with E-state index in [1.54, 1.807) is 6.07 Å². The Hall–Kier alpha value is -1.72. The third-order valence-electron chi connectivity index (χ3n) is 4.96. The summed E-state index contributed by atoms with van der Waals surface area (Å²) in [6.07, 6.45) is 3.75. The van der Waals surface area contributed by atoms with Gasteiger partial charge in [0, 0.05) is 30.9 Å². The number of aliphatic hydroxyl groups excluding tert-OH is 1. The van der Waals surface area contributed by atoms with Gasteiger partial charge in [-0.3, -0.25) is 9.58 Å². The second-order valence-corrected chi connectivity index (χ2v) is 6.42. The molecule has 2 aromatic rings. The molecule has 1 aliphatic rings. The summed E-state index contributed by atoms with van der Waals surface area (Å²) < 4.78 is 15.8. The van der Waals surface area contributed by atoms with Gasteiger partial charge < -0.3 is 5.11 Å². The second-order valence-electron chi connectivity index (χ2n) is 6.42. The predicted molar refractivity (Wildman–Crippen MR) is 87.5 cm³/mol. The van der Waals surface area contributed by atoms with Crippen molar-refractivity contribution >= 4 is 0 Å². The summed E-state index contributed by atoms with van der Waals surface area (Å²) in [5, 5.41) is 14.8. The Morgan fingerprint density at radius 3 is 2.78 bits per heavy atom. The third kappa shape index (κ3) is 3.46. The van der Waals surface area contributed by atoms with Crippen molar-refractivity contribution in [2.45, 2.75) is 44.9 Å². The van der Waals surface area contributed by atoms with Crippen molar-refractivity contribution < 1.29 is 9.50 Å². The summed E-state index contributed by atoms with van der Waals surface area (Å²) in [6, 6.07) is 6.79. The fourth-order valence-corrected chi connectivity index (χ4v) is 3.37. The van der Waals surface area contributed by atoms with Gasteiger partial charge >= 0.3 is 0 Å². The monoisotopic (exact) mass is 317 g/mol. The van der Waals surface area contributed by atoms with Crippen LogP contribution in [-0.4, -0.2) is 38.5 Å². The van der Waals surface area contributed by atoms with Gasteiger partial charge in [-0.05, 0) is 44.4 Å². The molecule has 0 spiro atoms. The summed E-state index contributed by atoms with van der Waals surface area (Å²) >= 11 is 0. The highest BCUT2D eigenvalue weighted by molar-refractivity contribution is 5.20. The van der Waals surface area contributed by atoms with Crippen LogP contribution in [0.1, 0.15) is 29.7 Å². The number of aromatic nitrogens is 2. The summed E-state index contributed by atoms with van der Waals surface area (Å²) in [5.41, 5.74) is 2.97. The lowest BCUT2D eigenvalue weighted by atomic mass is 9.92. The molecule has 2 atom stereocenters. The van der Waals surface area contributed by atoms with Gasteiger partial charge in [-0.1, -0.05) is 18.2 Å². The molecular weight excluding hydrogens is 293 g/mol. The van der Waals surface area contributed by atoms with Crippen LogP contribution in [0.2, 0.25) is 0 Å². The topological polar surface area (TPSA) is 41.3 Å². The maximum absolute atomic E-state index is 14.0. The standard InChI is InChI=1S/C18H24FN3O/c1-13-15(11-20-21(13)2)12-22-9-5-8-18(23)17(22)10-14-6-3-4-7-16(14)19/h3-4,6-7,11,17-18,23H,5,8-10,12H2,1-2H3/t17-,18-/m0/s1. The van der Waals surface area contributed by atoms with Crippen molar-refractivity contribution in [3.63, 3.8) is 0 Å². The van der Waals surface area contributed by atoms with Crippen LogP contribution in [0.25, 0.3) is 0 Å². The Labute approximate surface area is 136 Å². The number of aryl methyl sites for hydroxylation is 1. The van der Waals surface area contributed by atoms with Crippen molar-refractivity contribution in [3.05, 3.63) is 53.1 Å². The molecule has 0 saturated carbocycles. The molecule has 0 amide bonds. The van der Waals surface area contributed by atoms with E-state index in [-0.39, 0.29) is 11.9 Å². The highest BCUT2D eigenvalue weighted by Crippen LogP contribution is 2.25. The third-order valence-corrected chi connectivity index (χ3v) is 4.96. The molecule has 5 heteroatoms. The minimum atomic E-state index is -0.416. The van der Waals surface area contributed by atoms with Gasteiger partial charge in [0.15, 0.2) is 0 Å². The van der Waals surface area contributed by atoms with E-state index in [1.165, 1.54) is 11.6 Å². The molecule has 0 aliphatic carbocycles. The zero-order chi connectivity index (χ0) is 16.4. The number of likely N-dealkylation sites (tertiary alicyclic amines) is 1. The first-order chi connectivity index (χ1) is 11.1. The van der Waals surface area contributed by atoms with E-state index in [1.807, 2.05) is 30.1 Å². The number of hydrogen-bond acceptors (Lipinski definition) is 3. The van der Waals surface area contributed by atoms with Gasteiger partial charge in [-0.25, -0.2) is 4.39 Å². The van der Waals surface area contributed by atoms with Crippen molar-refractivity contribution in [1.82, 2.24) is 14.7 Å². The summed E-state index contributed by atoms with van der Waals surface area (Å²) in [7, 11) is 1.93. The van der Waals surface area contributed by atoms with Crippen molar-refractivity contribution in [3.8, 4) is 0 Å². The largest absolute Gasteiger partial charge is 0.391 e. The first kappa shape index (κ1) is 16.1. The van der Waals surface area contributed by atoms with E-state index in [2.05, 4.69) is 16.9 Å². The fraction of sp³-hybridized carbons (Fsp3) is 0.500. The molecule has 1 fully saturated rings. The second kappa shape index (κ2) is 6.81. The van der Waals surface area contributed by atoms with E-state index in [9.17, 15) is 9.50 Å². The normalized spacial score (nSPS) is 22.4. The molecule has 1 saturated heterocycles. The molecule has 1 aromatic heterocycles. The van der Waals surface area contributed by atoms with Gasteiger partial charge in [-0.15, -0.1) is 0 Å². The number of halogens is 1. The molecule has 2 heterocycles. The van der Waals surface area contributed by atoms with Crippen LogP contribution in [0, 0.1) is 12.7 Å². The lowest BCUT2D eigenvalue weighted by molar-refractivity contribution is 0.00630. The molecule has 1 N–H and O–H groups in total. The minimum absolute atomic E-state index is 0.0553. The predicted octanol–water partition coefficient (Wildman–Crippen LogP) is 2.44. The van der Waals surface area contributed by atoms with Crippen LogP contribution in [0.5, 0.6) is 0 Å². The first-order valence-corrected chi connectivity index (χ1v) is 8.19. The van der Waals surface area contributed by atoms with E-state index < -0.39 is 6.10 Å². The lowest BCUT2D eigenvalue weighted by Gasteiger charge is -2.39. The zero-order valence-electron chi connectivity index (χ0n) is 13.7. The van der Waals surface area contributed by atoms with Gasteiger partial charge in [0.25, 0.3) is 0 Å². The van der Waals surface area contributed by atoms with Crippen molar-refractivity contribution in [2.75, 3.05) is 6.54 Å². The van der Waals surface area contributed by atoms with E-state index in [0.29, 0.717) is 12.0 Å². The Kier molecular flexibility index (Phi) is 4.78. The average molecular weight is 317 g/mol. The highest BCUT2D eigenvalue weighted by Gasteiger charge is 2.31. The molecular formula is C18H24FN3O. The van der Waals surface area contributed by atoms with E-state index >= 15 is 0 Å². The number of benzene rings is 1. The summed E-state index contributed by atoms with van der Waals surface area (Å²) in [6.45, 7) is 3.72. The van der Waals surface area contributed by atoms with Crippen LogP contribution in [0.3, 0.4) is 0 Å². The maximum atomic E-state index is 14.0. The molecule has 4 nitrogen and oxygen atoms in total. The Morgan fingerprint density at radius 1 is 1.30 bits per heavy atom. The molecule has 0 radical (unpaired) electrons. The number of piperidine rings is 1. The Bertz CT molecular complexity index is 670. The average Bonchev–Trinajstić information content (AvgIpc) is 2.84. The quantitative estimate of drug-likeness (QED) is 0.942. The number of rotatable bonds is 4. The number of aliphatic hydroxyl groups is 1. The smallest absolute Gasteiger partial charge is 0.126 e. The van der Waals surface area contributed by atoms with Crippen LogP contribution in [0.4, 0.5) is 4.39 Å². The van der Waals surface area contributed by atoms with Gasteiger partial charge in [0.05, 0.1) is 12.3 Å². The molecule has 124 valence electrons. The van der Waals surface area contributed by atoms with Gasteiger partial charge in [0.2, 0.25) is 0 Å². The molecule has 0 unspecified atom stereocenters. The Balaban J connectivity index is 1.79. The summed E-state index contributed by atoms with van der Waals surface area (Å²) in [5.74, 6) is -0.192. The maximum Gasteiger partial charge on any atom is 0.126 e. The first-order valence-electron chi connectivity index (χ1n) is 8.19. The van der Waals surface area contributed by atoms with Gasteiger partial charge in [0.1, 0.15) is 5.82 Å². The summed E-state index contributed by atoms with van der Waals surface area (Å²) in [4.78, 5) is 2.27. The van der Waals surface area contributed by atoms with Crippen LogP contribution >= 0.6 is 0 Å². The van der Waals surface area contributed by atoms with Crippen molar-refractivity contribution in [2.24, 2.45) is 7.05 Å². The van der Waals surface area contributed by atoms with Crippen LogP contribution in [0.15, 0.2) is 30.5 Å². The Morgan fingerprint density at radius 2 is 2.09 bits per heavy atom. The molecule has 3 rings (SSSR count). The molecule has 1 aromatic carbocycles. The molecule has 23 heavy (non-hydrogen) atoms. The molecule has 1 aliphatic heterocycles. The lowest BCUT2D eigenvalue weighted by Crippen LogP contribution is -2.49. The highest BCUT2D eigenvalue weighted by atomic mass is 19.1. The van der Waals surface area contributed by atoms with Crippen molar-refractivity contribution in [1.29, 1.82) is 0 Å². The van der Waals surface area contributed by atoms with Crippen LogP contribution in [-0.2, 0) is 20.0 Å². The van der Waals surface area contributed by atoms with E-state index in [0.717, 1.165) is 31.6 Å². The fourth-order valence-electron chi connectivity index (χ4n) is 3.37. The number of hydrogen-bond donors (Lipinski definition) is 1. The van der Waals surface area contributed by atoms with Crippen LogP contribution < -0.4 is 0 Å². The minimum Gasteiger partial charge on any atom is -0.391 e. The van der Waals surface area contributed by atoms with Gasteiger partial charge in [-0.2, -0.15) is 5.10 Å².